The van der Waals surface area contributed by atoms with Gasteiger partial charge in [0.1, 0.15) is 0 Å². The molecule has 0 saturated carbocycles. The molecule has 1 aromatic rings. The van der Waals surface area contributed by atoms with Crippen LogP contribution in [-0.2, 0) is 0 Å². The number of nitrogens with one attached hydrogen (secondary N) is 1. The molecular formula is C15H21N3O. The van der Waals surface area contributed by atoms with Crippen molar-refractivity contribution in [1.82, 2.24) is 15.1 Å². The number of hydrogen-bond donors (Lipinski definition) is 2. The smallest absolute Gasteiger partial charge is 0.205 e. The van der Waals surface area contributed by atoms with Gasteiger partial charge in [0, 0.05) is 12.2 Å². The fourth-order valence-electron chi connectivity index (χ4n) is 2.84. The molecule has 1 unspecified atom stereocenters. The molecule has 2 aliphatic heterocycles. The lowest BCUT2D eigenvalue weighted by Gasteiger charge is -2.36. The third kappa shape index (κ3) is 2.60. The van der Waals surface area contributed by atoms with Gasteiger partial charge >= 0.3 is 0 Å². The van der Waals surface area contributed by atoms with E-state index < -0.39 is 6.35 Å². The molecule has 0 spiro atoms. The van der Waals surface area contributed by atoms with Crippen molar-refractivity contribution in [2.75, 3.05) is 20.1 Å². The van der Waals surface area contributed by atoms with Crippen LogP contribution in [0.1, 0.15) is 18.4 Å². The van der Waals surface area contributed by atoms with E-state index >= 15 is 0 Å². The van der Waals surface area contributed by atoms with Crippen LogP contribution in [0.3, 0.4) is 0 Å². The summed E-state index contributed by atoms with van der Waals surface area (Å²) in [4.78, 5) is 4.41. The van der Waals surface area contributed by atoms with Gasteiger partial charge in [-0.05, 0) is 38.5 Å². The van der Waals surface area contributed by atoms with E-state index in [4.69, 9.17) is 0 Å². The monoisotopic (exact) mass is 259 g/mol. The van der Waals surface area contributed by atoms with Crippen LogP contribution < -0.4 is 5.32 Å². The summed E-state index contributed by atoms with van der Waals surface area (Å²) in [5.41, 5.74) is 2.13. The van der Waals surface area contributed by atoms with E-state index in [1.165, 1.54) is 0 Å². The molecule has 4 nitrogen and oxygen atoms in total. The lowest BCUT2D eigenvalue weighted by molar-refractivity contribution is -0.00534. The van der Waals surface area contributed by atoms with Crippen molar-refractivity contribution in [3.8, 4) is 0 Å². The lowest BCUT2D eigenvalue weighted by atomic mass is 10.0. The Labute approximate surface area is 114 Å². The van der Waals surface area contributed by atoms with Gasteiger partial charge in [-0.2, -0.15) is 0 Å². The van der Waals surface area contributed by atoms with Gasteiger partial charge in [-0.25, -0.2) is 0 Å². The van der Waals surface area contributed by atoms with Crippen LogP contribution in [0.15, 0.2) is 36.5 Å². The Hall–Kier alpha value is -1.52. The quantitative estimate of drug-likeness (QED) is 0.839. The van der Waals surface area contributed by atoms with Crippen molar-refractivity contribution in [3.05, 3.63) is 42.1 Å². The topological polar surface area (TPSA) is 38.7 Å². The van der Waals surface area contributed by atoms with Crippen molar-refractivity contribution in [1.29, 1.82) is 0 Å². The first-order valence-electron chi connectivity index (χ1n) is 6.92. The van der Waals surface area contributed by atoms with E-state index in [2.05, 4.69) is 40.5 Å². The van der Waals surface area contributed by atoms with Crippen LogP contribution in [0.2, 0.25) is 0 Å². The standard InChI is InChI=1S/C15H21N3O/c1-17-9-7-13(8-10-17)18-11-14(16-15(18)19)12-5-3-2-4-6-12/h2-6,11,13,15-16,19H,7-10H2,1H3. The zero-order valence-electron chi connectivity index (χ0n) is 11.3. The fourth-order valence-corrected chi connectivity index (χ4v) is 2.84. The Morgan fingerprint density at radius 3 is 2.53 bits per heavy atom. The largest absolute Gasteiger partial charge is 0.356 e. The summed E-state index contributed by atoms with van der Waals surface area (Å²) in [6, 6.07) is 10.6. The molecule has 0 radical (unpaired) electrons. The molecular weight excluding hydrogens is 238 g/mol. The Morgan fingerprint density at radius 1 is 1.16 bits per heavy atom. The summed E-state index contributed by atoms with van der Waals surface area (Å²) in [5, 5.41) is 13.3. The molecule has 4 heteroatoms. The summed E-state index contributed by atoms with van der Waals surface area (Å²) in [6.07, 6.45) is 3.68. The van der Waals surface area contributed by atoms with E-state index in [9.17, 15) is 5.11 Å². The summed E-state index contributed by atoms with van der Waals surface area (Å²) < 4.78 is 0. The Bertz CT molecular complexity index is 452. The highest BCUT2D eigenvalue weighted by Gasteiger charge is 2.30. The van der Waals surface area contributed by atoms with E-state index in [1.54, 1.807) is 0 Å². The van der Waals surface area contributed by atoms with Gasteiger partial charge in [-0.1, -0.05) is 30.3 Å². The minimum Gasteiger partial charge on any atom is -0.356 e. The first kappa shape index (κ1) is 12.5. The molecule has 102 valence electrons. The molecule has 0 aromatic heterocycles. The van der Waals surface area contributed by atoms with Crippen LogP contribution in [-0.4, -0.2) is 47.4 Å². The normalized spacial score (nSPS) is 25.3. The van der Waals surface area contributed by atoms with E-state index in [1.807, 2.05) is 18.2 Å². The summed E-state index contributed by atoms with van der Waals surface area (Å²) in [5.74, 6) is 0. The molecule has 0 bridgehead atoms. The summed E-state index contributed by atoms with van der Waals surface area (Å²) >= 11 is 0. The fraction of sp³-hybridized carbons (Fsp3) is 0.467. The number of piperidine rings is 1. The third-order valence-corrected chi connectivity index (χ3v) is 4.04. The number of benzene rings is 1. The van der Waals surface area contributed by atoms with Gasteiger partial charge in [0.25, 0.3) is 0 Å². The highest BCUT2D eigenvalue weighted by molar-refractivity contribution is 5.65. The molecule has 1 fully saturated rings. The van der Waals surface area contributed by atoms with Crippen molar-refractivity contribution >= 4 is 5.70 Å². The number of aliphatic hydroxyl groups is 1. The highest BCUT2D eigenvalue weighted by atomic mass is 16.3. The van der Waals surface area contributed by atoms with Gasteiger partial charge in [-0.3, -0.25) is 0 Å². The predicted octanol–water partition coefficient (Wildman–Crippen LogP) is 1.26. The molecule has 3 rings (SSSR count). The van der Waals surface area contributed by atoms with Crippen LogP contribution in [0.4, 0.5) is 0 Å². The van der Waals surface area contributed by atoms with Crippen LogP contribution in [0, 0.1) is 0 Å². The van der Waals surface area contributed by atoms with Crippen molar-refractivity contribution < 1.29 is 5.11 Å². The van der Waals surface area contributed by atoms with Gasteiger partial charge in [0.15, 0.2) is 0 Å². The highest BCUT2D eigenvalue weighted by Crippen LogP contribution is 2.25. The van der Waals surface area contributed by atoms with Crippen molar-refractivity contribution in [2.24, 2.45) is 0 Å². The average molecular weight is 259 g/mol. The number of likely N-dealkylation sites (tertiary alicyclic amines) is 1. The summed E-state index contributed by atoms with van der Waals surface area (Å²) in [6.45, 7) is 2.20. The maximum absolute atomic E-state index is 10.2. The zero-order chi connectivity index (χ0) is 13.2. The van der Waals surface area contributed by atoms with Gasteiger partial charge in [-0.15, -0.1) is 0 Å². The molecule has 2 heterocycles. The first-order chi connectivity index (χ1) is 9.24. The maximum Gasteiger partial charge on any atom is 0.205 e. The molecule has 1 aromatic carbocycles. The SMILES string of the molecule is CN1CCC(N2C=C(c3ccccc3)NC2O)CC1. The Morgan fingerprint density at radius 2 is 1.84 bits per heavy atom. The van der Waals surface area contributed by atoms with Gasteiger partial charge < -0.3 is 20.2 Å². The predicted molar refractivity (Wildman–Crippen MR) is 75.9 cm³/mol. The second kappa shape index (κ2) is 5.23. The second-order valence-corrected chi connectivity index (χ2v) is 5.41. The van der Waals surface area contributed by atoms with Gasteiger partial charge in [0.2, 0.25) is 6.35 Å². The number of aliphatic hydroxyl groups excluding tert-OH is 1. The molecule has 19 heavy (non-hydrogen) atoms. The van der Waals surface area contributed by atoms with E-state index in [0.29, 0.717) is 6.04 Å². The molecule has 2 aliphatic rings. The van der Waals surface area contributed by atoms with Crippen molar-refractivity contribution in [2.45, 2.75) is 25.2 Å². The molecule has 0 aliphatic carbocycles. The van der Waals surface area contributed by atoms with E-state index in [0.717, 1.165) is 37.2 Å². The summed E-state index contributed by atoms with van der Waals surface area (Å²) in [7, 11) is 2.15. The van der Waals surface area contributed by atoms with Crippen LogP contribution >= 0.6 is 0 Å². The number of nitrogens with zero attached hydrogens (tertiary/aromatic N) is 2. The number of hydrogen-bond acceptors (Lipinski definition) is 4. The zero-order valence-corrected chi connectivity index (χ0v) is 11.3. The second-order valence-electron chi connectivity index (χ2n) is 5.41. The van der Waals surface area contributed by atoms with Gasteiger partial charge in [0.05, 0.1) is 5.70 Å². The van der Waals surface area contributed by atoms with Crippen LogP contribution in [0.25, 0.3) is 5.70 Å². The molecule has 1 atom stereocenters. The molecule has 0 amide bonds. The third-order valence-electron chi connectivity index (χ3n) is 4.04. The average Bonchev–Trinajstić information content (AvgIpc) is 2.83. The Balaban J connectivity index is 1.74. The minimum atomic E-state index is -0.594. The molecule has 1 saturated heterocycles. The van der Waals surface area contributed by atoms with E-state index in [-0.39, 0.29) is 0 Å². The Kier molecular flexibility index (Phi) is 3.44. The lowest BCUT2D eigenvalue weighted by Crippen LogP contribution is -2.47. The first-order valence-corrected chi connectivity index (χ1v) is 6.92. The molecule has 2 N–H and O–H groups in total. The minimum absolute atomic E-state index is 0.430. The van der Waals surface area contributed by atoms with Crippen LogP contribution in [0.5, 0.6) is 0 Å². The maximum atomic E-state index is 10.2. The van der Waals surface area contributed by atoms with Crippen molar-refractivity contribution in [3.63, 3.8) is 0 Å². The number of rotatable bonds is 2.